The van der Waals surface area contributed by atoms with E-state index in [1.165, 1.54) is 5.56 Å². The van der Waals surface area contributed by atoms with E-state index >= 15 is 0 Å². The van der Waals surface area contributed by atoms with Crippen LogP contribution < -0.4 is 4.74 Å². The number of benzene rings is 2. The first-order chi connectivity index (χ1) is 12.2. The van der Waals surface area contributed by atoms with Gasteiger partial charge in [-0.3, -0.25) is 4.90 Å². The molecule has 0 aliphatic rings. The minimum atomic E-state index is -0.605. The van der Waals surface area contributed by atoms with E-state index in [4.69, 9.17) is 15.9 Å². The fourth-order valence-electron chi connectivity index (χ4n) is 2.71. The molecule has 4 nitrogen and oxygen atoms in total. The number of ether oxygens (including phenoxy) is 2. The van der Waals surface area contributed by atoms with E-state index in [-0.39, 0.29) is 13.2 Å². The molecular weight excluding hydrogens is 314 g/mol. The summed E-state index contributed by atoms with van der Waals surface area (Å²) in [5.74, 6) is 3.25. The zero-order valence-corrected chi connectivity index (χ0v) is 14.6. The van der Waals surface area contributed by atoms with Crippen LogP contribution in [0.4, 0.5) is 0 Å². The lowest BCUT2D eigenvalue weighted by Gasteiger charge is -2.26. The van der Waals surface area contributed by atoms with Crippen molar-refractivity contribution in [2.45, 2.75) is 19.2 Å². The van der Waals surface area contributed by atoms with E-state index in [1.54, 1.807) is 7.11 Å². The standard InChI is InChI=1S/C21H25NO3/c1-3-13-25-17-20(23)16-22(14-18-9-5-4-6-10-18)15-19-11-7-8-12-21(19)24-2/h1,4-12,20,23H,13-17H2,2H3/t20-/m0/s1. The molecule has 132 valence electrons. The smallest absolute Gasteiger partial charge is 0.123 e. The molecule has 2 aromatic carbocycles. The molecule has 0 saturated carbocycles. The van der Waals surface area contributed by atoms with Gasteiger partial charge in [0.15, 0.2) is 0 Å². The maximum atomic E-state index is 10.3. The maximum absolute atomic E-state index is 10.3. The minimum absolute atomic E-state index is 0.211. The Morgan fingerprint density at radius 2 is 1.80 bits per heavy atom. The van der Waals surface area contributed by atoms with E-state index in [0.717, 1.165) is 17.9 Å². The Hall–Kier alpha value is -2.32. The number of aliphatic hydroxyl groups excluding tert-OH is 1. The minimum Gasteiger partial charge on any atom is -0.496 e. The second-order valence-electron chi connectivity index (χ2n) is 5.84. The van der Waals surface area contributed by atoms with Gasteiger partial charge >= 0.3 is 0 Å². The first kappa shape index (κ1) is 19.0. The third-order valence-electron chi connectivity index (χ3n) is 3.80. The highest BCUT2D eigenvalue weighted by Gasteiger charge is 2.15. The number of hydrogen-bond donors (Lipinski definition) is 1. The highest BCUT2D eigenvalue weighted by atomic mass is 16.5. The van der Waals surface area contributed by atoms with Crippen molar-refractivity contribution in [1.29, 1.82) is 0 Å². The van der Waals surface area contributed by atoms with Gasteiger partial charge in [-0.05, 0) is 11.6 Å². The van der Waals surface area contributed by atoms with E-state index < -0.39 is 6.10 Å². The molecule has 0 spiro atoms. The van der Waals surface area contributed by atoms with E-state index in [2.05, 4.69) is 23.0 Å². The van der Waals surface area contributed by atoms with Crippen molar-refractivity contribution in [3.63, 3.8) is 0 Å². The fraction of sp³-hybridized carbons (Fsp3) is 0.333. The van der Waals surface area contributed by atoms with Crippen molar-refractivity contribution in [3.05, 3.63) is 65.7 Å². The van der Waals surface area contributed by atoms with E-state index in [9.17, 15) is 5.11 Å². The second kappa shape index (κ2) is 10.5. The van der Waals surface area contributed by atoms with Crippen LogP contribution in [0.15, 0.2) is 54.6 Å². The summed E-state index contributed by atoms with van der Waals surface area (Å²) >= 11 is 0. The Morgan fingerprint density at radius 3 is 2.52 bits per heavy atom. The zero-order chi connectivity index (χ0) is 17.9. The average Bonchev–Trinajstić information content (AvgIpc) is 2.63. The van der Waals surface area contributed by atoms with Gasteiger partial charge in [-0.2, -0.15) is 0 Å². The van der Waals surface area contributed by atoms with Crippen LogP contribution in [0.1, 0.15) is 11.1 Å². The lowest BCUT2D eigenvalue weighted by Crippen LogP contribution is -2.34. The van der Waals surface area contributed by atoms with Crippen LogP contribution in [0.2, 0.25) is 0 Å². The van der Waals surface area contributed by atoms with E-state index in [1.807, 2.05) is 42.5 Å². The molecule has 2 aromatic rings. The third-order valence-corrected chi connectivity index (χ3v) is 3.80. The Bertz CT molecular complexity index is 666. The van der Waals surface area contributed by atoms with E-state index in [0.29, 0.717) is 13.1 Å². The molecule has 0 bridgehead atoms. The summed E-state index contributed by atoms with van der Waals surface area (Å²) in [4.78, 5) is 2.18. The zero-order valence-electron chi connectivity index (χ0n) is 14.6. The topological polar surface area (TPSA) is 41.9 Å². The van der Waals surface area contributed by atoms with Gasteiger partial charge in [-0.1, -0.05) is 54.5 Å². The fourth-order valence-corrected chi connectivity index (χ4v) is 2.71. The lowest BCUT2D eigenvalue weighted by atomic mass is 10.1. The number of rotatable bonds is 10. The number of hydrogen-bond acceptors (Lipinski definition) is 4. The van der Waals surface area contributed by atoms with Crippen LogP contribution in [0, 0.1) is 12.3 Å². The molecule has 0 amide bonds. The number of nitrogens with zero attached hydrogens (tertiary/aromatic N) is 1. The molecule has 0 saturated heterocycles. The van der Waals surface area contributed by atoms with Gasteiger partial charge < -0.3 is 14.6 Å². The van der Waals surface area contributed by atoms with Gasteiger partial charge in [-0.15, -0.1) is 6.42 Å². The predicted molar refractivity (Wildman–Crippen MR) is 99.2 cm³/mol. The highest BCUT2D eigenvalue weighted by Crippen LogP contribution is 2.20. The molecule has 4 heteroatoms. The Morgan fingerprint density at radius 1 is 1.08 bits per heavy atom. The molecule has 0 radical (unpaired) electrons. The molecule has 2 rings (SSSR count). The Balaban J connectivity index is 2.07. The van der Waals surface area contributed by atoms with Crippen LogP contribution in [0.25, 0.3) is 0 Å². The molecule has 0 aliphatic heterocycles. The Kier molecular flexibility index (Phi) is 8.00. The van der Waals surface area contributed by atoms with Crippen molar-refractivity contribution in [2.24, 2.45) is 0 Å². The van der Waals surface area contributed by atoms with Crippen LogP contribution in [-0.4, -0.2) is 43.0 Å². The lowest BCUT2D eigenvalue weighted by molar-refractivity contribution is 0.0242. The summed E-state index contributed by atoms with van der Waals surface area (Å²) in [5, 5.41) is 10.3. The van der Waals surface area contributed by atoms with Gasteiger partial charge in [0.2, 0.25) is 0 Å². The van der Waals surface area contributed by atoms with Crippen molar-refractivity contribution in [1.82, 2.24) is 4.90 Å². The summed E-state index contributed by atoms with van der Waals surface area (Å²) in [6, 6.07) is 18.1. The maximum Gasteiger partial charge on any atom is 0.123 e. The summed E-state index contributed by atoms with van der Waals surface area (Å²) in [5.41, 5.74) is 2.27. The average molecular weight is 339 g/mol. The summed E-state index contributed by atoms with van der Waals surface area (Å²) in [7, 11) is 1.67. The van der Waals surface area contributed by atoms with Crippen LogP contribution in [0.3, 0.4) is 0 Å². The first-order valence-electron chi connectivity index (χ1n) is 8.30. The molecule has 25 heavy (non-hydrogen) atoms. The van der Waals surface area contributed by atoms with Crippen LogP contribution in [-0.2, 0) is 17.8 Å². The molecule has 1 N–H and O–H groups in total. The second-order valence-corrected chi connectivity index (χ2v) is 5.84. The molecule has 0 aromatic heterocycles. The van der Waals surface area contributed by atoms with Gasteiger partial charge in [-0.25, -0.2) is 0 Å². The molecule has 1 atom stereocenters. The summed E-state index contributed by atoms with van der Waals surface area (Å²) < 4.78 is 10.7. The normalized spacial score (nSPS) is 11.9. The predicted octanol–water partition coefficient (Wildman–Crippen LogP) is 2.71. The van der Waals surface area contributed by atoms with Gasteiger partial charge in [0.25, 0.3) is 0 Å². The molecule has 0 unspecified atom stereocenters. The summed E-state index contributed by atoms with van der Waals surface area (Å²) in [6.45, 7) is 2.32. The van der Waals surface area contributed by atoms with Crippen LogP contribution >= 0.6 is 0 Å². The monoisotopic (exact) mass is 339 g/mol. The van der Waals surface area contributed by atoms with Gasteiger partial charge in [0.05, 0.1) is 19.8 Å². The SMILES string of the molecule is C#CCOC[C@@H](O)CN(Cc1ccccc1)Cc1ccccc1OC. The van der Waals surface area contributed by atoms with Gasteiger partial charge in [0.1, 0.15) is 12.4 Å². The third kappa shape index (κ3) is 6.60. The number of methoxy groups -OCH3 is 1. The number of aliphatic hydroxyl groups is 1. The molecule has 0 fully saturated rings. The van der Waals surface area contributed by atoms with Crippen molar-refractivity contribution in [3.8, 4) is 18.1 Å². The van der Waals surface area contributed by atoms with Crippen molar-refractivity contribution >= 4 is 0 Å². The van der Waals surface area contributed by atoms with Crippen molar-refractivity contribution < 1.29 is 14.6 Å². The van der Waals surface area contributed by atoms with Gasteiger partial charge in [0, 0.05) is 25.2 Å². The molecule has 0 aliphatic carbocycles. The quantitative estimate of drug-likeness (QED) is 0.534. The largest absolute Gasteiger partial charge is 0.496 e. The van der Waals surface area contributed by atoms with Crippen LogP contribution in [0.5, 0.6) is 5.75 Å². The first-order valence-corrected chi connectivity index (χ1v) is 8.30. The number of terminal acetylenes is 1. The molecule has 0 heterocycles. The highest BCUT2D eigenvalue weighted by molar-refractivity contribution is 5.33. The molecular formula is C21H25NO3. The Labute approximate surface area is 150 Å². The van der Waals surface area contributed by atoms with Crippen molar-refractivity contribution in [2.75, 3.05) is 26.9 Å². The summed E-state index contributed by atoms with van der Waals surface area (Å²) in [6.07, 6.45) is 4.57. The number of para-hydroxylation sites is 1.